The number of hydrogen-bond donors (Lipinski definition) is 4. The zero-order valence-corrected chi connectivity index (χ0v) is 24.8. The second-order valence-corrected chi connectivity index (χ2v) is 8.87. The first-order chi connectivity index (χ1) is 22.6. The first kappa shape index (κ1) is 38.8. The summed E-state index contributed by atoms with van der Waals surface area (Å²) in [4.78, 5) is 76.6. The van der Waals surface area contributed by atoms with Gasteiger partial charge in [0.1, 0.15) is 24.5 Å². The highest BCUT2D eigenvalue weighted by Gasteiger charge is 2.31. The van der Waals surface area contributed by atoms with Crippen molar-refractivity contribution in [2.45, 2.75) is 37.5 Å². The fourth-order valence-corrected chi connectivity index (χ4v) is 3.38. The van der Waals surface area contributed by atoms with Gasteiger partial charge < -0.3 is 35.0 Å². The van der Waals surface area contributed by atoms with Gasteiger partial charge in [-0.1, -0.05) is 35.0 Å². The number of nitrogens with two attached hydrogens (primary N) is 1. The van der Waals surface area contributed by atoms with Crippen LogP contribution in [0.25, 0.3) is 20.9 Å². The summed E-state index contributed by atoms with van der Waals surface area (Å²) in [5.41, 5.74) is 17.1. The molecule has 0 fully saturated rings. The Morgan fingerprint density at radius 3 is 2.40 bits per heavy atom. The lowest BCUT2D eigenvalue weighted by atomic mass is 10.1. The third kappa shape index (κ3) is 15.4. The van der Waals surface area contributed by atoms with E-state index in [1.807, 2.05) is 0 Å². The fourth-order valence-electron chi connectivity index (χ4n) is 3.38. The van der Waals surface area contributed by atoms with Crippen LogP contribution in [0.2, 0.25) is 0 Å². The predicted octanol–water partition coefficient (Wildman–Crippen LogP) is 2.53. The van der Waals surface area contributed by atoms with Gasteiger partial charge in [0, 0.05) is 34.2 Å². The number of benzene rings is 1. The van der Waals surface area contributed by atoms with Crippen LogP contribution in [-0.2, 0) is 30.2 Å². The molecule has 0 aliphatic carbocycles. The molecule has 252 valence electrons. The summed E-state index contributed by atoms with van der Waals surface area (Å²) in [6.45, 7) is 2.50. The van der Waals surface area contributed by atoms with Crippen LogP contribution in [0.3, 0.4) is 0 Å². The quantitative estimate of drug-likeness (QED) is 0.0128. The topological polar surface area (TPSA) is 326 Å². The van der Waals surface area contributed by atoms with Gasteiger partial charge in [0.2, 0.25) is 0 Å². The van der Waals surface area contributed by atoms with Crippen LogP contribution < -0.4 is 21.2 Å². The van der Waals surface area contributed by atoms with Crippen molar-refractivity contribution in [2.75, 3.05) is 32.8 Å². The molecule has 1 aromatic rings. The number of nitrogens with zero attached hydrogens (tertiary/aromatic N) is 8. The number of nitroso groups, excluding NO2 is 1. The molecule has 22 heteroatoms. The molecular formula is C25H32N12O10. The maximum absolute atomic E-state index is 12.7. The van der Waals surface area contributed by atoms with Crippen LogP contribution in [0.5, 0.6) is 5.75 Å². The molecule has 47 heavy (non-hydrogen) atoms. The molecule has 0 bridgehead atoms. The smallest absolute Gasteiger partial charge is 0.425 e. The average molecular weight is 661 g/mol. The van der Waals surface area contributed by atoms with E-state index in [4.69, 9.17) is 41.3 Å². The Hall–Kier alpha value is -6.24. The van der Waals surface area contributed by atoms with Crippen LogP contribution in [0.4, 0.5) is 14.4 Å². The number of azide groups is 2. The molecule has 5 N–H and O–H groups in total. The fraction of sp³-hybridized carbons (Fsp3) is 0.440. The Balaban J connectivity index is 2.73. The Bertz CT molecular complexity index is 1360. The number of carbonyl (C=O) groups excluding carboxylic acids is 5. The van der Waals surface area contributed by atoms with E-state index in [-0.39, 0.29) is 57.9 Å². The van der Waals surface area contributed by atoms with Crippen molar-refractivity contribution in [3.63, 3.8) is 0 Å². The summed E-state index contributed by atoms with van der Waals surface area (Å²) in [5.74, 6) is 3.90. The molecule has 0 heterocycles. The minimum absolute atomic E-state index is 0.0220. The van der Waals surface area contributed by atoms with Gasteiger partial charge in [0.25, 0.3) is 0 Å². The van der Waals surface area contributed by atoms with E-state index in [0.717, 1.165) is 6.21 Å². The van der Waals surface area contributed by atoms with Crippen molar-refractivity contribution in [1.29, 1.82) is 5.41 Å². The molecule has 0 aliphatic heterocycles. The molecule has 0 aliphatic rings. The van der Waals surface area contributed by atoms with Gasteiger partial charge in [0.05, 0.1) is 19.7 Å². The van der Waals surface area contributed by atoms with E-state index in [1.165, 1.54) is 30.3 Å². The van der Waals surface area contributed by atoms with Crippen molar-refractivity contribution in [2.24, 2.45) is 21.2 Å². The molecule has 1 unspecified atom stereocenters. The second kappa shape index (κ2) is 22.3. The molecule has 1 rings (SSSR count). The van der Waals surface area contributed by atoms with E-state index < -0.39 is 48.3 Å². The van der Waals surface area contributed by atoms with Crippen LogP contribution in [0, 0.1) is 10.3 Å². The molecule has 0 saturated heterocycles. The normalized spacial score (nSPS) is 11.8. The average Bonchev–Trinajstić information content (AvgIpc) is 3.07. The summed E-state index contributed by atoms with van der Waals surface area (Å²) >= 11 is 0. The SMILES string of the molecule is C=CCOC(=O)[C@H](Cc1ccc(OC(=O)NCCC[C@H](NC(=O)OCCN=[N+]=[N-])C(=O)N=O)cc1)N(N)C(=O)OC(C=N)CN=[N+]=[N-]. The maximum Gasteiger partial charge on any atom is 0.425 e. The van der Waals surface area contributed by atoms with Crippen LogP contribution >= 0.6 is 0 Å². The monoisotopic (exact) mass is 660 g/mol. The van der Waals surface area contributed by atoms with E-state index >= 15 is 0 Å². The zero-order valence-electron chi connectivity index (χ0n) is 24.8. The highest BCUT2D eigenvalue weighted by Crippen LogP contribution is 2.16. The Kier molecular flexibility index (Phi) is 18.4. The van der Waals surface area contributed by atoms with Gasteiger partial charge in [-0.2, -0.15) is 0 Å². The zero-order chi connectivity index (χ0) is 35.0. The van der Waals surface area contributed by atoms with Crippen LogP contribution in [0.15, 0.2) is 52.3 Å². The van der Waals surface area contributed by atoms with E-state index in [2.05, 4.69) is 42.4 Å². The molecule has 0 aromatic heterocycles. The first-order valence-corrected chi connectivity index (χ1v) is 13.5. The number of hydrazine groups is 1. The third-order valence-corrected chi connectivity index (χ3v) is 5.59. The molecular weight excluding hydrogens is 628 g/mol. The largest absolute Gasteiger partial charge is 0.460 e. The minimum atomic E-state index is -1.39. The van der Waals surface area contributed by atoms with E-state index in [1.54, 1.807) is 0 Å². The Morgan fingerprint density at radius 1 is 1.09 bits per heavy atom. The maximum atomic E-state index is 12.7. The number of alkyl carbamates (subject to hydrolysis) is 1. The molecule has 0 saturated carbocycles. The number of amides is 4. The summed E-state index contributed by atoms with van der Waals surface area (Å²) in [5, 5.41) is 21.1. The lowest BCUT2D eigenvalue weighted by molar-refractivity contribution is -0.148. The predicted molar refractivity (Wildman–Crippen MR) is 161 cm³/mol. The summed E-state index contributed by atoms with van der Waals surface area (Å²) in [7, 11) is 0. The van der Waals surface area contributed by atoms with Gasteiger partial charge in [0.15, 0.2) is 6.04 Å². The van der Waals surface area contributed by atoms with Crippen molar-refractivity contribution in [3.05, 3.63) is 68.3 Å². The Morgan fingerprint density at radius 2 is 1.79 bits per heavy atom. The number of ether oxygens (including phenoxy) is 4. The van der Waals surface area contributed by atoms with Crippen molar-refractivity contribution >= 4 is 36.4 Å². The summed E-state index contributed by atoms with van der Waals surface area (Å²) in [6, 6.07) is 3.06. The van der Waals surface area contributed by atoms with E-state index in [9.17, 15) is 28.9 Å². The number of rotatable bonds is 20. The number of carbonyl (C=O) groups is 5. The van der Waals surface area contributed by atoms with Crippen molar-refractivity contribution < 1.29 is 42.9 Å². The molecule has 0 spiro atoms. The van der Waals surface area contributed by atoms with Crippen molar-refractivity contribution in [1.82, 2.24) is 15.6 Å². The summed E-state index contributed by atoms with van der Waals surface area (Å²) < 4.78 is 19.9. The van der Waals surface area contributed by atoms with Crippen LogP contribution in [0.1, 0.15) is 18.4 Å². The van der Waals surface area contributed by atoms with Crippen LogP contribution in [-0.4, -0.2) is 92.4 Å². The standard InChI is InChI=1S/C25H32N12O10/c1-2-11-44-22(39)20(37(29)25(42)47-18(14-26)15-32-36-28)13-16-5-7-17(8-6-16)46-23(40)30-9-3-4-19(21(38)34-43)33-24(41)45-12-10-31-35-27/h2,5-8,14,18-20,26H,1,3-4,9-13,15,29H2,(H,30,40)(H,33,41)/t18?,19-,20-/m0/s1. The van der Waals surface area contributed by atoms with Gasteiger partial charge in [-0.3, -0.25) is 4.79 Å². The van der Waals surface area contributed by atoms with Gasteiger partial charge >= 0.3 is 30.2 Å². The molecule has 3 atom stereocenters. The van der Waals surface area contributed by atoms with Crippen molar-refractivity contribution in [3.8, 4) is 5.75 Å². The molecule has 22 nitrogen and oxygen atoms in total. The second-order valence-electron chi connectivity index (χ2n) is 8.87. The highest BCUT2D eigenvalue weighted by atomic mass is 16.6. The third-order valence-electron chi connectivity index (χ3n) is 5.59. The lowest BCUT2D eigenvalue weighted by Gasteiger charge is -2.26. The number of hydrogen-bond acceptors (Lipinski definition) is 14. The molecule has 1 aromatic carbocycles. The van der Waals surface area contributed by atoms with Gasteiger partial charge in [-0.25, -0.2) is 30.0 Å². The molecule has 4 amide bonds. The van der Waals surface area contributed by atoms with Gasteiger partial charge in [-0.05, 0) is 41.6 Å². The molecule has 0 radical (unpaired) electrons. The number of nitrogens with one attached hydrogen (secondary N) is 3. The lowest BCUT2D eigenvalue weighted by Crippen LogP contribution is -2.52. The highest BCUT2D eigenvalue weighted by molar-refractivity contribution is 5.86. The summed E-state index contributed by atoms with van der Waals surface area (Å²) in [6.07, 6.45) is -2.42. The van der Waals surface area contributed by atoms with E-state index in [0.29, 0.717) is 10.6 Å². The van der Waals surface area contributed by atoms with Gasteiger partial charge in [-0.15, -0.1) is 4.91 Å². The first-order valence-electron chi connectivity index (χ1n) is 13.5. The Labute approximate surface area is 266 Å². The minimum Gasteiger partial charge on any atom is -0.460 e. The number of esters is 1.